The minimum Gasteiger partial charge on any atom is -0.399 e. The number of aryl methyl sites for hydroxylation is 2. The van der Waals surface area contributed by atoms with Crippen molar-refractivity contribution in [3.05, 3.63) is 137 Å². The average Bonchev–Trinajstić information content (AvgIpc) is 3.25. The van der Waals surface area contributed by atoms with E-state index in [0.717, 1.165) is 86.1 Å². The summed E-state index contributed by atoms with van der Waals surface area (Å²) in [5.41, 5.74) is 30.8. The molecule has 60 heavy (non-hydrogen) atoms. The van der Waals surface area contributed by atoms with Crippen LogP contribution < -0.4 is 31.6 Å². The minimum atomic E-state index is -0.0277. The van der Waals surface area contributed by atoms with Crippen molar-refractivity contribution in [3.63, 3.8) is 0 Å². The van der Waals surface area contributed by atoms with Crippen LogP contribution in [-0.4, -0.2) is 29.8 Å². The van der Waals surface area contributed by atoms with Gasteiger partial charge in [-0.1, -0.05) is 87.8 Å². The van der Waals surface area contributed by atoms with Crippen molar-refractivity contribution < 1.29 is 4.57 Å². The van der Waals surface area contributed by atoms with Gasteiger partial charge in [0.2, 0.25) is 16.7 Å². The predicted octanol–water partition coefficient (Wildman–Crippen LogP) is 12.0. The number of benzene rings is 5. The van der Waals surface area contributed by atoms with Crippen LogP contribution in [0.3, 0.4) is 0 Å². The number of aromatic nitrogens is 2. The fraction of sp³-hybridized carbons (Fsp3) is 0.327. The molecule has 5 aromatic carbocycles. The van der Waals surface area contributed by atoms with Gasteiger partial charge in [-0.05, 0) is 111 Å². The first-order chi connectivity index (χ1) is 29.3. The molecule has 2 heterocycles. The number of anilines is 5. The summed E-state index contributed by atoms with van der Waals surface area (Å²) in [6.45, 7) is 10.4. The van der Waals surface area contributed by atoms with Gasteiger partial charge in [0.15, 0.2) is 0 Å². The highest BCUT2D eigenvalue weighted by molar-refractivity contribution is 6.11. The second kappa shape index (κ2) is 18.4. The monoisotopic (exact) mass is 798 g/mol. The zero-order valence-corrected chi connectivity index (χ0v) is 35.9. The molecule has 0 amide bonds. The standard InChI is InChI=1S/C52H60N8/c1-35-29-46-49(32-41(35)53)59(39-21-15-13-16-22-39)51-34-45(37(3)31-48(51)58-46)56-28-20-12-10-8-6-5-7-9-11-19-27-55-43-25-26-44-52(38(43)4)60(40-23-17-14-18-24-40)50-33-42(54)36(2)30-47(50)57-44/h13-18,21-26,29-34,50,55H,5-12,19-20,27-28,54H2,1-4H3,(H2,53,56)/p+1. The Hall–Kier alpha value is -6.15. The maximum atomic E-state index is 6.43. The molecule has 1 aliphatic carbocycles. The first-order valence-corrected chi connectivity index (χ1v) is 22.1. The molecule has 8 nitrogen and oxygen atoms in total. The van der Waals surface area contributed by atoms with Gasteiger partial charge < -0.3 is 27.0 Å². The van der Waals surface area contributed by atoms with Crippen LogP contribution in [0, 0.1) is 20.8 Å². The topological polar surface area (TPSA) is 108 Å². The third-order valence-corrected chi connectivity index (χ3v) is 12.3. The lowest BCUT2D eigenvalue weighted by molar-refractivity contribution is -0.538. The van der Waals surface area contributed by atoms with Crippen LogP contribution in [0.2, 0.25) is 0 Å². The van der Waals surface area contributed by atoms with Gasteiger partial charge in [0.05, 0.1) is 23.1 Å². The van der Waals surface area contributed by atoms with Crippen LogP contribution in [0.4, 0.5) is 34.1 Å². The number of hydrogen-bond acceptors (Lipinski definition) is 7. The highest BCUT2D eigenvalue weighted by atomic mass is 15.2. The van der Waals surface area contributed by atoms with Crippen LogP contribution in [0.15, 0.2) is 125 Å². The zero-order valence-electron chi connectivity index (χ0n) is 35.9. The number of unbranched alkanes of at least 4 members (excludes halogenated alkanes) is 9. The van der Waals surface area contributed by atoms with E-state index in [-0.39, 0.29) is 6.04 Å². The summed E-state index contributed by atoms with van der Waals surface area (Å²) in [6, 6.07) is 34.1. The average molecular weight is 798 g/mol. The third kappa shape index (κ3) is 8.74. The molecule has 0 saturated heterocycles. The molecule has 308 valence electrons. The summed E-state index contributed by atoms with van der Waals surface area (Å²) in [4.78, 5) is 12.6. The fourth-order valence-corrected chi connectivity index (χ4v) is 8.84. The molecule has 8 heteroatoms. The lowest BCUT2D eigenvalue weighted by Gasteiger charge is -2.39. The zero-order chi connectivity index (χ0) is 41.6. The molecular formula is C52H61N8+. The van der Waals surface area contributed by atoms with Crippen LogP contribution in [0.5, 0.6) is 0 Å². The van der Waals surface area contributed by atoms with Crippen molar-refractivity contribution in [2.45, 2.75) is 97.9 Å². The number of hydrogen-bond donors (Lipinski definition) is 4. The molecule has 1 aliphatic heterocycles. The molecule has 1 atom stereocenters. The van der Waals surface area contributed by atoms with Gasteiger partial charge in [-0.15, -0.1) is 4.57 Å². The van der Waals surface area contributed by atoms with Crippen molar-refractivity contribution in [2.24, 2.45) is 10.7 Å². The lowest BCUT2D eigenvalue weighted by Crippen LogP contribution is -2.41. The molecule has 2 aliphatic rings. The van der Waals surface area contributed by atoms with E-state index in [1.54, 1.807) is 0 Å². The molecule has 0 fully saturated rings. The molecule has 1 aromatic heterocycles. The predicted molar refractivity (Wildman–Crippen MR) is 254 cm³/mol. The Labute approximate surface area is 356 Å². The lowest BCUT2D eigenvalue weighted by atomic mass is 9.93. The van der Waals surface area contributed by atoms with Gasteiger partial charge >= 0.3 is 0 Å². The Morgan fingerprint density at radius 1 is 0.633 bits per heavy atom. The Balaban J connectivity index is 0.757. The Morgan fingerprint density at radius 2 is 1.22 bits per heavy atom. The van der Waals surface area contributed by atoms with Gasteiger partial charge in [0.25, 0.3) is 0 Å². The van der Waals surface area contributed by atoms with Crippen LogP contribution in [0.1, 0.15) is 87.8 Å². The van der Waals surface area contributed by atoms with E-state index in [1.165, 1.54) is 86.7 Å². The first kappa shape index (κ1) is 40.6. The van der Waals surface area contributed by atoms with Gasteiger partial charge in [-0.25, -0.2) is 9.98 Å². The quantitative estimate of drug-likeness (QED) is 0.0317. The highest BCUT2D eigenvalue weighted by Gasteiger charge is 2.33. The number of nitrogens with one attached hydrogen (secondary N) is 2. The van der Waals surface area contributed by atoms with Crippen molar-refractivity contribution in [1.29, 1.82) is 0 Å². The van der Waals surface area contributed by atoms with E-state index in [0.29, 0.717) is 0 Å². The second-order valence-electron chi connectivity index (χ2n) is 16.8. The number of allylic oxidation sites excluding steroid dienone is 1. The number of fused-ring (bicyclic) bond motifs is 4. The van der Waals surface area contributed by atoms with Gasteiger partial charge in [-0.2, -0.15) is 0 Å². The van der Waals surface area contributed by atoms with Crippen LogP contribution in [0.25, 0.3) is 27.8 Å². The summed E-state index contributed by atoms with van der Waals surface area (Å²) in [7, 11) is 0. The number of nitrogens with zero attached hydrogens (tertiary/aromatic N) is 4. The smallest absolute Gasteiger partial charge is 0.239 e. The SMILES string of the molecule is CC1=CC2=Nc3ccc(NCCCCCCCCCCCCNc4cc5c(cc4C)nc4cc(C)c(N)cc4[n+]5-c4ccccc4)c(C)c3N(c3ccccc3)C2C=C1N. The summed E-state index contributed by atoms with van der Waals surface area (Å²) in [5, 5.41) is 7.51. The second-order valence-corrected chi connectivity index (χ2v) is 16.8. The number of rotatable bonds is 17. The van der Waals surface area contributed by atoms with Crippen molar-refractivity contribution in [2.75, 3.05) is 34.4 Å². The van der Waals surface area contributed by atoms with Crippen molar-refractivity contribution >= 4 is 61.9 Å². The summed E-state index contributed by atoms with van der Waals surface area (Å²) in [6.07, 6.45) is 17.0. The molecule has 0 radical (unpaired) electrons. The number of nitrogen functional groups attached to an aromatic ring is 1. The van der Waals surface area contributed by atoms with E-state index in [9.17, 15) is 0 Å². The van der Waals surface area contributed by atoms with E-state index in [1.807, 2.05) is 6.92 Å². The number of nitrogens with two attached hydrogens (primary N) is 2. The van der Waals surface area contributed by atoms with Gasteiger partial charge in [0.1, 0.15) is 11.0 Å². The third-order valence-electron chi connectivity index (χ3n) is 12.3. The van der Waals surface area contributed by atoms with E-state index < -0.39 is 0 Å². The highest BCUT2D eigenvalue weighted by Crippen LogP contribution is 2.46. The summed E-state index contributed by atoms with van der Waals surface area (Å²) < 4.78 is 2.29. The van der Waals surface area contributed by atoms with E-state index in [2.05, 4.69) is 150 Å². The molecule has 1 unspecified atom stereocenters. The largest absolute Gasteiger partial charge is 0.399 e. The normalized spacial score (nSPS) is 14.7. The van der Waals surface area contributed by atoms with Crippen LogP contribution >= 0.6 is 0 Å². The molecule has 6 aromatic rings. The van der Waals surface area contributed by atoms with E-state index in [4.69, 9.17) is 21.4 Å². The molecular weight excluding hydrogens is 737 g/mol. The maximum absolute atomic E-state index is 6.43. The number of para-hydroxylation sites is 2. The Kier molecular flexibility index (Phi) is 12.5. The van der Waals surface area contributed by atoms with E-state index >= 15 is 0 Å². The minimum absolute atomic E-state index is 0.0277. The maximum Gasteiger partial charge on any atom is 0.239 e. The van der Waals surface area contributed by atoms with Crippen molar-refractivity contribution in [3.8, 4) is 5.69 Å². The van der Waals surface area contributed by atoms with Crippen LogP contribution in [-0.2, 0) is 0 Å². The summed E-state index contributed by atoms with van der Waals surface area (Å²) >= 11 is 0. The molecule has 0 spiro atoms. The first-order valence-electron chi connectivity index (χ1n) is 22.1. The summed E-state index contributed by atoms with van der Waals surface area (Å²) in [5.74, 6) is 0. The Bertz CT molecular complexity index is 2570. The number of aliphatic imine (C=N–C) groups is 1. The molecule has 0 saturated carbocycles. The molecule has 8 rings (SSSR count). The molecule has 0 bridgehead atoms. The van der Waals surface area contributed by atoms with Gasteiger partial charge in [-0.3, -0.25) is 0 Å². The van der Waals surface area contributed by atoms with Gasteiger partial charge in [0, 0.05) is 65.8 Å². The molecule has 6 N–H and O–H groups in total. The van der Waals surface area contributed by atoms with Crippen molar-refractivity contribution in [1.82, 2.24) is 4.98 Å². The fourth-order valence-electron chi connectivity index (χ4n) is 8.84. The Morgan fingerprint density at radius 3 is 1.88 bits per heavy atom.